The lowest BCUT2D eigenvalue weighted by molar-refractivity contribution is 0.0450. The monoisotopic (exact) mass is 488 g/mol. The van der Waals surface area contributed by atoms with Crippen molar-refractivity contribution in [1.29, 1.82) is 0 Å². The second-order valence-corrected chi connectivity index (χ2v) is 10.5. The zero-order chi connectivity index (χ0) is 23.8. The van der Waals surface area contributed by atoms with Gasteiger partial charge in [-0.25, -0.2) is 18.0 Å². The van der Waals surface area contributed by atoms with E-state index in [1.807, 2.05) is 0 Å². The van der Waals surface area contributed by atoms with Gasteiger partial charge in [0.05, 0.1) is 29.2 Å². The Hall–Kier alpha value is -1.60. The predicted molar refractivity (Wildman–Crippen MR) is 127 cm³/mol. The van der Waals surface area contributed by atoms with Gasteiger partial charge in [-0.3, -0.25) is 0 Å². The summed E-state index contributed by atoms with van der Waals surface area (Å²) in [6.07, 6.45) is 12.5. The van der Waals surface area contributed by atoms with Crippen molar-refractivity contribution in [3.8, 4) is 0 Å². The summed E-state index contributed by atoms with van der Waals surface area (Å²) >= 11 is 0. The van der Waals surface area contributed by atoms with E-state index in [-0.39, 0.29) is 29.2 Å². The van der Waals surface area contributed by atoms with Crippen LogP contribution in [-0.4, -0.2) is 33.6 Å². The molecule has 0 atom stereocenters. The smallest absolute Gasteiger partial charge is 0.339 e. The molecule has 0 aliphatic rings. The topological polar surface area (TPSA) is 86.7 Å². The van der Waals surface area contributed by atoms with Gasteiger partial charge in [0.1, 0.15) is 0 Å². The second kappa shape index (κ2) is 16.1. The van der Waals surface area contributed by atoms with E-state index in [1.165, 1.54) is 31.4 Å². The highest BCUT2D eigenvalue weighted by molar-refractivity contribution is 8.13. The standard InChI is InChI=1S/C24H37ClO6S/c1-3-5-7-9-11-13-17-30-23(26)21-16-15-20(32(25,28)29)19-22(21)24(27)31-18-14-12-10-8-6-4-2/h15-16,19H,3-14,17-18H2,1-2H3. The first-order valence-electron chi connectivity index (χ1n) is 11.7. The van der Waals surface area contributed by atoms with Gasteiger partial charge in [0.2, 0.25) is 0 Å². The molecule has 182 valence electrons. The summed E-state index contributed by atoms with van der Waals surface area (Å²) in [7, 11) is 1.35. The zero-order valence-corrected chi connectivity index (χ0v) is 20.9. The van der Waals surface area contributed by atoms with E-state index in [2.05, 4.69) is 13.8 Å². The molecule has 0 aromatic heterocycles. The summed E-state index contributed by atoms with van der Waals surface area (Å²) in [5, 5.41) is 0. The van der Waals surface area contributed by atoms with E-state index in [9.17, 15) is 18.0 Å². The molecule has 0 amide bonds. The van der Waals surface area contributed by atoms with Crippen LogP contribution in [0.25, 0.3) is 0 Å². The summed E-state index contributed by atoms with van der Waals surface area (Å²) in [5.74, 6) is -1.43. The van der Waals surface area contributed by atoms with Crippen molar-refractivity contribution < 1.29 is 27.5 Å². The first-order chi connectivity index (χ1) is 15.3. The molecular formula is C24H37ClO6S. The average molecular weight is 489 g/mol. The number of carbonyl (C=O) groups is 2. The van der Waals surface area contributed by atoms with Gasteiger partial charge in [-0.2, -0.15) is 0 Å². The minimum absolute atomic E-state index is 0.0204. The van der Waals surface area contributed by atoms with Gasteiger partial charge in [-0.1, -0.05) is 78.1 Å². The van der Waals surface area contributed by atoms with E-state index in [4.69, 9.17) is 20.2 Å². The molecule has 0 N–H and O–H groups in total. The van der Waals surface area contributed by atoms with Crippen LogP contribution in [0.1, 0.15) is 112 Å². The molecule has 0 bridgehead atoms. The number of rotatable bonds is 17. The highest BCUT2D eigenvalue weighted by Crippen LogP contribution is 2.21. The minimum Gasteiger partial charge on any atom is -0.462 e. The Morgan fingerprint density at radius 1 is 0.719 bits per heavy atom. The quantitative estimate of drug-likeness (QED) is 0.138. The molecule has 1 rings (SSSR count). The lowest BCUT2D eigenvalue weighted by Gasteiger charge is -2.11. The Morgan fingerprint density at radius 3 is 1.62 bits per heavy atom. The van der Waals surface area contributed by atoms with Crippen LogP contribution in [-0.2, 0) is 18.5 Å². The third kappa shape index (κ3) is 11.3. The van der Waals surface area contributed by atoms with Gasteiger partial charge in [0.15, 0.2) is 0 Å². The molecule has 6 nitrogen and oxygen atoms in total. The predicted octanol–water partition coefficient (Wildman–Crippen LogP) is 6.65. The van der Waals surface area contributed by atoms with Crippen molar-refractivity contribution >= 4 is 31.7 Å². The Bertz CT molecular complexity index is 807. The van der Waals surface area contributed by atoms with E-state index >= 15 is 0 Å². The molecule has 8 heteroatoms. The van der Waals surface area contributed by atoms with E-state index < -0.39 is 21.0 Å². The second-order valence-electron chi connectivity index (χ2n) is 7.95. The van der Waals surface area contributed by atoms with Gasteiger partial charge in [0, 0.05) is 10.7 Å². The lowest BCUT2D eigenvalue weighted by Crippen LogP contribution is -2.16. The molecule has 0 fully saturated rings. The molecule has 0 saturated carbocycles. The molecule has 0 saturated heterocycles. The maximum absolute atomic E-state index is 12.6. The molecule has 32 heavy (non-hydrogen) atoms. The van der Waals surface area contributed by atoms with Crippen LogP contribution in [0.15, 0.2) is 23.1 Å². The van der Waals surface area contributed by atoms with Crippen LogP contribution >= 0.6 is 10.7 Å². The number of unbranched alkanes of at least 4 members (excludes halogenated alkanes) is 10. The van der Waals surface area contributed by atoms with Gasteiger partial charge in [-0.15, -0.1) is 0 Å². The van der Waals surface area contributed by atoms with Gasteiger partial charge in [0.25, 0.3) is 9.05 Å². The summed E-state index contributed by atoms with van der Waals surface area (Å²) in [5.41, 5.74) is -0.168. The summed E-state index contributed by atoms with van der Waals surface area (Å²) in [6, 6.07) is 3.52. The van der Waals surface area contributed by atoms with Crippen molar-refractivity contribution in [2.75, 3.05) is 13.2 Å². The third-order valence-corrected chi connectivity index (χ3v) is 6.53. The van der Waals surface area contributed by atoms with Gasteiger partial charge < -0.3 is 9.47 Å². The molecular weight excluding hydrogens is 452 g/mol. The van der Waals surface area contributed by atoms with Crippen LogP contribution < -0.4 is 0 Å². The largest absolute Gasteiger partial charge is 0.462 e. The molecule has 0 aliphatic heterocycles. The molecule has 0 aliphatic carbocycles. The fraction of sp³-hybridized carbons (Fsp3) is 0.667. The fourth-order valence-electron chi connectivity index (χ4n) is 3.27. The van der Waals surface area contributed by atoms with E-state index in [0.717, 1.165) is 57.4 Å². The molecule has 0 unspecified atom stereocenters. The Kier molecular flexibility index (Phi) is 14.3. The summed E-state index contributed by atoms with van der Waals surface area (Å²) in [6.45, 7) is 4.74. The van der Waals surface area contributed by atoms with Crippen molar-refractivity contribution in [3.63, 3.8) is 0 Å². The summed E-state index contributed by atoms with van der Waals surface area (Å²) < 4.78 is 34.0. The van der Waals surface area contributed by atoms with Gasteiger partial charge in [-0.05, 0) is 31.0 Å². The summed E-state index contributed by atoms with van der Waals surface area (Å²) in [4.78, 5) is 24.9. The highest BCUT2D eigenvalue weighted by Gasteiger charge is 2.23. The maximum atomic E-state index is 12.6. The SMILES string of the molecule is CCCCCCCCOC(=O)c1ccc(S(=O)(=O)Cl)cc1C(=O)OCCCCCCCC. The normalized spacial score (nSPS) is 11.3. The van der Waals surface area contributed by atoms with Gasteiger partial charge >= 0.3 is 11.9 Å². The Morgan fingerprint density at radius 2 is 1.16 bits per heavy atom. The zero-order valence-electron chi connectivity index (χ0n) is 19.4. The molecule has 1 aromatic carbocycles. The number of hydrogen-bond acceptors (Lipinski definition) is 6. The van der Waals surface area contributed by atoms with Crippen molar-refractivity contribution in [3.05, 3.63) is 29.3 Å². The number of halogens is 1. The fourth-order valence-corrected chi connectivity index (χ4v) is 4.05. The number of esters is 2. The third-order valence-electron chi connectivity index (χ3n) is 5.17. The Labute approximate surface area is 197 Å². The van der Waals surface area contributed by atoms with Crippen molar-refractivity contribution in [2.24, 2.45) is 0 Å². The van der Waals surface area contributed by atoms with Crippen LogP contribution in [0.2, 0.25) is 0 Å². The van der Waals surface area contributed by atoms with Crippen molar-refractivity contribution in [2.45, 2.75) is 95.8 Å². The van der Waals surface area contributed by atoms with Crippen LogP contribution in [0.3, 0.4) is 0 Å². The molecule has 0 spiro atoms. The number of hydrogen-bond donors (Lipinski definition) is 0. The Balaban J connectivity index is 2.71. The highest BCUT2D eigenvalue weighted by atomic mass is 35.7. The van der Waals surface area contributed by atoms with E-state index in [0.29, 0.717) is 6.42 Å². The number of ether oxygens (including phenoxy) is 2. The maximum Gasteiger partial charge on any atom is 0.339 e. The number of carbonyl (C=O) groups excluding carboxylic acids is 2. The molecule has 1 aromatic rings. The first kappa shape index (κ1) is 28.4. The van der Waals surface area contributed by atoms with Crippen molar-refractivity contribution in [1.82, 2.24) is 0 Å². The average Bonchev–Trinajstić information content (AvgIpc) is 2.76. The lowest BCUT2D eigenvalue weighted by atomic mass is 10.1. The molecule has 0 heterocycles. The van der Waals surface area contributed by atoms with Crippen LogP contribution in [0, 0.1) is 0 Å². The van der Waals surface area contributed by atoms with Crippen LogP contribution in [0.4, 0.5) is 0 Å². The van der Waals surface area contributed by atoms with Crippen LogP contribution in [0.5, 0.6) is 0 Å². The van der Waals surface area contributed by atoms with E-state index in [1.54, 1.807) is 0 Å². The molecule has 0 radical (unpaired) electrons. The number of benzene rings is 1. The minimum atomic E-state index is -4.06. The first-order valence-corrected chi connectivity index (χ1v) is 14.0.